The summed E-state index contributed by atoms with van der Waals surface area (Å²) in [7, 11) is 0. The number of unbranched alkanes of at least 4 members (excludes halogenated alkanes) is 10. The number of allylic oxidation sites excluding steroid dienone is 2. The van der Waals surface area contributed by atoms with Crippen LogP contribution in [0.4, 0.5) is 0 Å². The third-order valence-electron chi connectivity index (χ3n) is 15.6. The quantitative estimate of drug-likeness (QED) is 0.0407. The van der Waals surface area contributed by atoms with Crippen LogP contribution in [0.15, 0.2) is 147 Å². The van der Waals surface area contributed by atoms with Crippen molar-refractivity contribution in [2.75, 3.05) is 13.2 Å². The Balaban J connectivity index is 0.000000266. The summed E-state index contributed by atoms with van der Waals surface area (Å²) in [6.07, 6.45) is 25.7. The fraction of sp³-hybridized carbons (Fsp3) is 0.370. The van der Waals surface area contributed by atoms with Crippen molar-refractivity contribution in [3.05, 3.63) is 192 Å². The summed E-state index contributed by atoms with van der Waals surface area (Å²) in [5.41, 5.74) is 24.2. The van der Waals surface area contributed by atoms with Crippen molar-refractivity contribution in [3.8, 4) is 78.8 Å². The number of hydrogen-bond acceptors (Lipinski definition) is 6. The fourth-order valence-electron chi connectivity index (χ4n) is 10.9. The summed E-state index contributed by atoms with van der Waals surface area (Å²) < 4.78 is 12.0. The van der Waals surface area contributed by atoms with Crippen LogP contribution in [0, 0.1) is 55.4 Å². The van der Waals surface area contributed by atoms with Gasteiger partial charge < -0.3 is 29.7 Å². The molecule has 0 bridgehead atoms. The first-order valence-corrected chi connectivity index (χ1v) is 29.5. The zero-order chi connectivity index (χ0) is 58.3. The van der Waals surface area contributed by atoms with Crippen LogP contribution in [-0.2, 0) is 20.1 Å². The van der Waals surface area contributed by atoms with Gasteiger partial charge in [-0.2, -0.15) is 12.4 Å². The summed E-state index contributed by atoms with van der Waals surface area (Å²) >= 11 is 0. The van der Waals surface area contributed by atoms with Crippen molar-refractivity contribution < 1.29 is 39.8 Å². The van der Waals surface area contributed by atoms with E-state index < -0.39 is 0 Å². The summed E-state index contributed by atoms with van der Waals surface area (Å²) in [4.78, 5) is 18.0. The summed E-state index contributed by atoms with van der Waals surface area (Å²) in [5, 5.41) is 17.1. The smallest absolute Gasteiger partial charge is 0.119 e. The summed E-state index contributed by atoms with van der Waals surface area (Å²) in [5.74, 6) is 1.89. The molecule has 4 aromatic heterocycles. The van der Waals surface area contributed by atoms with Gasteiger partial charge in [-0.25, -0.2) is 0 Å². The Morgan fingerprint density at radius 1 is 0.439 bits per heavy atom. The number of aliphatic hydroxyl groups excluding tert-OH is 2. The fourth-order valence-corrected chi connectivity index (χ4v) is 10.9. The molecule has 8 nitrogen and oxygen atoms in total. The first-order chi connectivity index (χ1) is 39.1. The van der Waals surface area contributed by atoms with E-state index in [0.29, 0.717) is 6.42 Å². The minimum absolute atomic E-state index is 0. The van der Waals surface area contributed by atoms with Crippen LogP contribution in [-0.4, -0.2) is 45.6 Å². The number of ether oxygens (including phenoxy) is 2. The molecule has 0 aliphatic heterocycles. The molecule has 0 amide bonds. The van der Waals surface area contributed by atoms with Crippen molar-refractivity contribution in [2.45, 2.75) is 165 Å². The molecular weight excluding hydrogens is 1190 g/mol. The zero-order valence-corrected chi connectivity index (χ0v) is 53.1. The van der Waals surface area contributed by atoms with Gasteiger partial charge in [0, 0.05) is 43.9 Å². The molecule has 82 heavy (non-hydrogen) atoms. The number of rotatable bonds is 26. The van der Waals surface area contributed by atoms with E-state index >= 15 is 0 Å². The Labute approximate surface area is 505 Å². The summed E-state index contributed by atoms with van der Waals surface area (Å²) in [6, 6.07) is 33.7. The first-order valence-electron chi connectivity index (χ1n) is 29.5. The van der Waals surface area contributed by atoms with E-state index in [1.54, 1.807) is 13.8 Å². The molecule has 2 N–H and O–H groups in total. The molecule has 0 saturated heterocycles. The third kappa shape index (κ3) is 18.7. The van der Waals surface area contributed by atoms with Crippen LogP contribution in [0.25, 0.3) is 67.3 Å². The predicted octanol–water partition coefficient (Wildman–Crippen LogP) is 18.5. The molecule has 0 spiro atoms. The number of nitrogens with zero attached hydrogens (tertiary/aromatic N) is 4. The van der Waals surface area contributed by atoms with Gasteiger partial charge >= 0.3 is 0 Å². The van der Waals surface area contributed by atoms with Crippen molar-refractivity contribution in [3.63, 3.8) is 0 Å². The maximum Gasteiger partial charge on any atom is 0.119 e. The molecule has 4 aromatic carbocycles. The van der Waals surface area contributed by atoms with Gasteiger partial charge in [-0.15, -0.1) is 24.5 Å². The first kappa shape index (κ1) is 66.2. The number of hydrogen-bond donors (Lipinski definition) is 2. The molecular formula is C73H90IrN4O4-2. The number of aromatic nitrogens is 4. The molecule has 8 rings (SSSR count). The molecule has 0 aliphatic rings. The third-order valence-corrected chi connectivity index (χ3v) is 15.6. The van der Waals surface area contributed by atoms with E-state index in [1.807, 2.05) is 61.2 Å². The standard InChI is InChI=1S/2C34H39N2O.C5H12O2.Ir/c2*1-6-7-8-9-10-11-12-22-37-30-17-15-28(16-18-30)33-24(2)26(4)34(27(5)25(33)3)29-19-21-36-32(23-29)31-14-13-20-35-31;1-4(6)3-5(2)7;/h2*6,13-21,23H,1,7-12,22H2,2-5H3;4-7H,3H2,1-2H3;/q2*-1;;. The monoisotopic (exact) mass is 1280 g/mol. The van der Waals surface area contributed by atoms with Crippen molar-refractivity contribution in [2.24, 2.45) is 0 Å². The Hall–Kier alpha value is -6.61. The second-order valence-corrected chi connectivity index (χ2v) is 21.8. The van der Waals surface area contributed by atoms with Crippen LogP contribution in [0.3, 0.4) is 0 Å². The Morgan fingerprint density at radius 2 is 0.756 bits per heavy atom. The minimum atomic E-state index is -0.375. The normalized spacial score (nSPS) is 11.6. The predicted molar refractivity (Wildman–Crippen MR) is 340 cm³/mol. The molecule has 2 unspecified atom stereocenters. The molecule has 0 fully saturated rings. The van der Waals surface area contributed by atoms with Gasteiger partial charge in [-0.3, -0.25) is 9.97 Å². The average molecular weight is 1280 g/mol. The number of benzene rings is 4. The van der Waals surface area contributed by atoms with E-state index in [-0.39, 0.29) is 32.3 Å². The molecule has 1 radical (unpaired) electrons. The molecule has 8 aromatic rings. The molecule has 437 valence electrons. The van der Waals surface area contributed by atoms with E-state index in [1.165, 1.54) is 140 Å². The number of aliphatic hydroxyl groups is 2. The van der Waals surface area contributed by atoms with Gasteiger partial charge in [0.15, 0.2) is 0 Å². The average Bonchev–Trinajstić information content (AvgIpc) is 4.23. The van der Waals surface area contributed by atoms with Crippen molar-refractivity contribution in [1.29, 1.82) is 0 Å². The maximum atomic E-state index is 8.56. The zero-order valence-electron chi connectivity index (χ0n) is 50.7. The summed E-state index contributed by atoms with van der Waals surface area (Å²) in [6.45, 7) is 30.3. The van der Waals surface area contributed by atoms with Crippen LogP contribution in [0.1, 0.15) is 142 Å². The SMILES string of the molecule is C=CCCCCCCCOc1ccc(-c2c(C)c(C)c(-c3ccnc(-c4ccc[n-]4)c3)c(C)c2C)cc1.C=CCCCCCCCOc1ccc(-c2c(C)c(C)c(-c3ccnc(-c4ccc[n-]4)c3)c(C)c2C)cc1.CC(O)CC(C)O.[Ir]. The van der Waals surface area contributed by atoms with Crippen LogP contribution < -0.4 is 19.4 Å². The Kier molecular flexibility index (Phi) is 27.5. The van der Waals surface area contributed by atoms with E-state index in [2.05, 4.69) is 161 Å². The van der Waals surface area contributed by atoms with Gasteiger partial charge in [-0.05, 0) is 252 Å². The van der Waals surface area contributed by atoms with Gasteiger partial charge in [0.2, 0.25) is 0 Å². The molecule has 9 heteroatoms. The second-order valence-electron chi connectivity index (χ2n) is 21.8. The van der Waals surface area contributed by atoms with Gasteiger partial charge in [-0.1, -0.05) is 99.2 Å². The van der Waals surface area contributed by atoms with Gasteiger partial charge in [0.25, 0.3) is 0 Å². The van der Waals surface area contributed by atoms with Crippen molar-refractivity contribution in [1.82, 2.24) is 19.9 Å². The van der Waals surface area contributed by atoms with Crippen LogP contribution >= 0.6 is 0 Å². The molecule has 0 saturated carbocycles. The van der Waals surface area contributed by atoms with Crippen LogP contribution in [0.5, 0.6) is 11.5 Å². The second kappa shape index (κ2) is 34.1. The van der Waals surface area contributed by atoms with Gasteiger partial charge in [0.1, 0.15) is 11.5 Å². The molecule has 0 aliphatic carbocycles. The molecule has 4 heterocycles. The van der Waals surface area contributed by atoms with E-state index in [9.17, 15) is 0 Å². The largest absolute Gasteiger partial charge is 0.662 e. The van der Waals surface area contributed by atoms with E-state index in [0.717, 1.165) is 73.2 Å². The topological polar surface area (TPSA) is 113 Å². The van der Waals surface area contributed by atoms with Crippen LogP contribution in [0.2, 0.25) is 0 Å². The maximum absolute atomic E-state index is 8.56. The van der Waals surface area contributed by atoms with Crippen molar-refractivity contribution >= 4 is 0 Å². The minimum Gasteiger partial charge on any atom is -0.662 e. The molecule has 2 atom stereocenters. The number of pyridine rings is 2. The van der Waals surface area contributed by atoms with Gasteiger partial charge in [0.05, 0.1) is 25.4 Å². The van der Waals surface area contributed by atoms with E-state index in [4.69, 9.17) is 19.7 Å². The Bertz CT molecular complexity index is 2920. The Morgan fingerprint density at radius 3 is 1.05 bits per heavy atom.